The molecule has 3 aromatic heterocycles. The maximum Gasteiger partial charge on any atom is 0.270 e. The van der Waals surface area contributed by atoms with Crippen molar-refractivity contribution in [3.63, 3.8) is 0 Å². The topological polar surface area (TPSA) is 122 Å². The Morgan fingerprint density at radius 2 is 2.00 bits per heavy atom. The lowest BCUT2D eigenvalue weighted by Crippen LogP contribution is -2.37. The molecular formula is C25H24ClN7O. The number of pyridine rings is 1. The maximum absolute atomic E-state index is 12.8. The minimum atomic E-state index is -0.380. The largest absolute Gasteiger partial charge is 0.351 e. The average Bonchev–Trinajstić information content (AvgIpc) is 3.16. The third kappa shape index (κ3) is 5.06. The van der Waals surface area contributed by atoms with Gasteiger partial charge in [0.25, 0.3) is 5.91 Å². The van der Waals surface area contributed by atoms with Gasteiger partial charge < -0.3 is 11.1 Å². The molecule has 0 bridgehead atoms. The molecule has 0 unspecified atom stereocenters. The first kappa shape index (κ1) is 23.4. The summed E-state index contributed by atoms with van der Waals surface area (Å²) >= 11 is 6.26. The number of carbonyl (C=O) groups excluding carboxylic acids is 1. The molecule has 172 valence electrons. The number of aryl methyl sites for hydroxylation is 1. The highest BCUT2D eigenvalue weighted by atomic mass is 35.5. The Morgan fingerprint density at radius 1 is 1.21 bits per heavy atom. The molecule has 0 aliphatic carbocycles. The molecule has 4 aromatic rings. The van der Waals surface area contributed by atoms with Crippen LogP contribution >= 0.6 is 11.6 Å². The smallest absolute Gasteiger partial charge is 0.270 e. The molecule has 34 heavy (non-hydrogen) atoms. The Hall–Kier alpha value is -3.80. The van der Waals surface area contributed by atoms with E-state index in [9.17, 15) is 10.1 Å². The van der Waals surface area contributed by atoms with Gasteiger partial charge in [-0.1, -0.05) is 23.7 Å². The molecular weight excluding hydrogens is 450 g/mol. The Balaban J connectivity index is 1.85. The molecule has 0 fully saturated rings. The minimum absolute atomic E-state index is 0.262. The van der Waals surface area contributed by atoms with E-state index < -0.39 is 0 Å². The zero-order chi connectivity index (χ0) is 24.5. The molecule has 8 nitrogen and oxygen atoms in total. The Morgan fingerprint density at radius 3 is 2.71 bits per heavy atom. The molecule has 0 atom stereocenters. The van der Waals surface area contributed by atoms with Gasteiger partial charge in [0.15, 0.2) is 5.65 Å². The zero-order valence-corrected chi connectivity index (χ0v) is 19.9. The number of amides is 1. The van der Waals surface area contributed by atoms with Crippen molar-refractivity contribution in [3.05, 3.63) is 70.8 Å². The normalized spacial score (nSPS) is 11.4. The number of benzene rings is 1. The lowest BCUT2D eigenvalue weighted by atomic mass is 10.00. The summed E-state index contributed by atoms with van der Waals surface area (Å²) in [7, 11) is 0. The molecule has 3 heterocycles. The van der Waals surface area contributed by atoms with Crippen molar-refractivity contribution in [3.8, 4) is 28.5 Å². The van der Waals surface area contributed by atoms with Crippen molar-refractivity contribution in [1.82, 2.24) is 24.9 Å². The highest BCUT2D eigenvalue weighted by Gasteiger charge is 2.21. The average molecular weight is 474 g/mol. The van der Waals surface area contributed by atoms with Crippen LogP contribution in [0.3, 0.4) is 0 Å². The third-order valence-corrected chi connectivity index (χ3v) is 5.44. The van der Waals surface area contributed by atoms with E-state index in [0.717, 1.165) is 16.8 Å². The summed E-state index contributed by atoms with van der Waals surface area (Å²) in [5.41, 5.74) is 10.5. The standard InChI is InChI=1S/C25H24ClN7O/c1-15-11-18(13-20(26)30-15)21-22(17-6-4-5-16(12-17)14-27)32-33-10-7-19(31-23(21)33)24(34)29-9-8-25(2,3)28/h4-7,10-13H,8-9,28H2,1-3H3,(H,29,34). The van der Waals surface area contributed by atoms with Gasteiger partial charge in [-0.3, -0.25) is 4.79 Å². The summed E-state index contributed by atoms with van der Waals surface area (Å²) in [5.74, 6) is -0.295. The summed E-state index contributed by atoms with van der Waals surface area (Å²) in [6.07, 6.45) is 2.33. The van der Waals surface area contributed by atoms with Crippen molar-refractivity contribution in [2.24, 2.45) is 5.73 Å². The number of rotatable bonds is 6. The molecule has 4 rings (SSSR count). The molecule has 1 amide bonds. The van der Waals surface area contributed by atoms with Gasteiger partial charge in [0.2, 0.25) is 0 Å². The van der Waals surface area contributed by atoms with Crippen LogP contribution in [0, 0.1) is 18.3 Å². The van der Waals surface area contributed by atoms with Crippen LogP contribution < -0.4 is 11.1 Å². The Labute approximate surface area is 202 Å². The third-order valence-electron chi connectivity index (χ3n) is 5.25. The summed E-state index contributed by atoms with van der Waals surface area (Å²) in [4.78, 5) is 21.7. The van der Waals surface area contributed by atoms with E-state index >= 15 is 0 Å². The van der Waals surface area contributed by atoms with Crippen LogP contribution in [0.15, 0.2) is 48.7 Å². The minimum Gasteiger partial charge on any atom is -0.351 e. The second kappa shape index (κ2) is 9.21. The molecule has 0 aliphatic rings. The number of nitrogens with one attached hydrogen (secondary N) is 1. The number of nitrogens with two attached hydrogens (primary N) is 1. The molecule has 0 aliphatic heterocycles. The van der Waals surface area contributed by atoms with Crippen molar-refractivity contribution in [2.45, 2.75) is 32.7 Å². The molecule has 1 aromatic carbocycles. The Bertz CT molecular complexity index is 1410. The first-order valence-electron chi connectivity index (χ1n) is 10.8. The predicted molar refractivity (Wildman–Crippen MR) is 131 cm³/mol. The quantitative estimate of drug-likeness (QED) is 0.405. The van der Waals surface area contributed by atoms with Crippen LogP contribution in [0.25, 0.3) is 28.0 Å². The van der Waals surface area contributed by atoms with Gasteiger partial charge in [0, 0.05) is 29.5 Å². The van der Waals surface area contributed by atoms with Gasteiger partial charge in [-0.15, -0.1) is 0 Å². The number of hydrogen-bond donors (Lipinski definition) is 2. The number of halogens is 1. The van der Waals surface area contributed by atoms with E-state index in [-0.39, 0.29) is 17.1 Å². The number of carbonyl (C=O) groups is 1. The van der Waals surface area contributed by atoms with Crippen molar-refractivity contribution in [1.29, 1.82) is 5.26 Å². The number of nitrogens with zero attached hydrogens (tertiary/aromatic N) is 5. The molecule has 0 saturated carbocycles. The summed E-state index contributed by atoms with van der Waals surface area (Å²) in [6, 6.07) is 14.6. The van der Waals surface area contributed by atoms with Crippen LogP contribution in [-0.4, -0.2) is 37.6 Å². The summed E-state index contributed by atoms with van der Waals surface area (Å²) in [5, 5.41) is 17.3. The van der Waals surface area contributed by atoms with Gasteiger partial charge in [0.05, 0.1) is 17.2 Å². The fourth-order valence-electron chi connectivity index (χ4n) is 3.62. The van der Waals surface area contributed by atoms with Crippen molar-refractivity contribution in [2.75, 3.05) is 6.54 Å². The lowest BCUT2D eigenvalue weighted by molar-refractivity contribution is 0.0946. The highest BCUT2D eigenvalue weighted by Crippen LogP contribution is 2.36. The number of fused-ring (bicyclic) bond motifs is 1. The SMILES string of the molecule is Cc1cc(-c2c(-c3cccc(C#N)c3)nn3ccc(C(=O)NCCC(C)(C)N)nc23)cc(Cl)n1. The van der Waals surface area contributed by atoms with Crippen LogP contribution in [0.4, 0.5) is 0 Å². The van der Waals surface area contributed by atoms with E-state index in [0.29, 0.717) is 40.6 Å². The van der Waals surface area contributed by atoms with Gasteiger partial charge in [0.1, 0.15) is 16.5 Å². The van der Waals surface area contributed by atoms with Gasteiger partial charge >= 0.3 is 0 Å². The van der Waals surface area contributed by atoms with Gasteiger partial charge in [-0.05, 0) is 63.1 Å². The van der Waals surface area contributed by atoms with E-state index in [1.54, 1.807) is 41.0 Å². The Kier molecular flexibility index (Phi) is 6.33. The second-order valence-electron chi connectivity index (χ2n) is 8.81. The van der Waals surface area contributed by atoms with E-state index in [1.165, 1.54) is 0 Å². The fraction of sp³-hybridized carbons (Fsp3) is 0.240. The highest BCUT2D eigenvalue weighted by molar-refractivity contribution is 6.29. The number of aromatic nitrogens is 4. The fourth-order valence-corrected chi connectivity index (χ4v) is 3.87. The van der Waals surface area contributed by atoms with Gasteiger partial charge in [-0.2, -0.15) is 10.4 Å². The van der Waals surface area contributed by atoms with Crippen LogP contribution in [0.5, 0.6) is 0 Å². The monoisotopic (exact) mass is 473 g/mol. The summed E-state index contributed by atoms with van der Waals surface area (Å²) in [6.45, 7) is 6.11. The molecule has 0 saturated heterocycles. The van der Waals surface area contributed by atoms with E-state index in [1.807, 2.05) is 32.9 Å². The first-order chi connectivity index (χ1) is 16.1. The van der Waals surface area contributed by atoms with Gasteiger partial charge in [-0.25, -0.2) is 14.5 Å². The second-order valence-corrected chi connectivity index (χ2v) is 9.20. The molecule has 0 spiro atoms. The van der Waals surface area contributed by atoms with E-state index in [2.05, 4.69) is 21.4 Å². The molecule has 9 heteroatoms. The predicted octanol–water partition coefficient (Wildman–Crippen LogP) is 4.15. The lowest BCUT2D eigenvalue weighted by Gasteiger charge is -2.18. The van der Waals surface area contributed by atoms with Crippen LogP contribution in [0.1, 0.15) is 42.0 Å². The van der Waals surface area contributed by atoms with E-state index in [4.69, 9.17) is 22.4 Å². The zero-order valence-electron chi connectivity index (χ0n) is 19.1. The number of nitriles is 1. The molecule has 0 radical (unpaired) electrons. The van der Waals surface area contributed by atoms with Crippen LogP contribution in [0.2, 0.25) is 5.15 Å². The summed E-state index contributed by atoms with van der Waals surface area (Å²) < 4.78 is 1.62. The van der Waals surface area contributed by atoms with Crippen molar-refractivity contribution < 1.29 is 4.79 Å². The maximum atomic E-state index is 12.8. The van der Waals surface area contributed by atoms with Crippen LogP contribution in [-0.2, 0) is 0 Å². The first-order valence-corrected chi connectivity index (χ1v) is 11.1. The molecule has 3 N–H and O–H groups in total. The number of hydrogen-bond acceptors (Lipinski definition) is 6. The van der Waals surface area contributed by atoms with Crippen molar-refractivity contribution >= 4 is 23.2 Å².